The van der Waals surface area contributed by atoms with Crippen LogP contribution < -0.4 is 10.6 Å². The van der Waals surface area contributed by atoms with Gasteiger partial charge in [-0.25, -0.2) is 8.78 Å². The lowest BCUT2D eigenvalue weighted by Gasteiger charge is -2.27. The first-order valence-electron chi connectivity index (χ1n) is 9.05. The van der Waals surface area contributed by atoms with E-state index < -0.39 is 11.6 Å². The fourth-order valence-corrected chi connectivity index (χ4v) is 3.17. The Morgan fingerprint density at radius 2 is 1.64 bits per heavy atom. The van der Waals surface area contributed by atoms with Crippen LogP contribution in [0.15, 0.2) is 18.2 Å². The van der Waals surface area contributed by atoms with Crippen LogP contribution in [0.1, 0.15) is 51.9 Å². The molecular weight excluding hydrogens is 326 g/mol. The molecule has 1 saturated carbocycles. The monoisotopic (exact) mass is 352 g/mol. The van der Waals surface area contributed by atoms with Crippen LogP contribution in [-0.4, -0.2) is 18.4 Å². The van der Waals surface area contributed by atoms with E-state index in [1.165, 1.54) is 6.07 Å². The minimum atomic E-state index is -0.985. The van der Waals surface area contributed by atoms with Crippen molar-refractivity contribution in [2.24, 2.45) is 11.8 Å². The number of carbonyl (C=O) groups excluding carboxylic acids is 2. The number of amides is 2. The first-order valence-corrected chi connectivity index (χ1v) is 9.05. The van der Waals surface area contributed by atoms with E-state index in [4.69, 9.17) is 0 Å². The molecule has 0 heterocycles. The van der Waals surface area contributed by atoms with Gasteiger partial charge in [-0.15, -0.1) is 0 Å². The third kappa shape index (κ3) is 5.80. The standard InChI is InChI=1S/C19H26F2N2O2/c1-2-3-4-11-22-18(24)13-5-7-14(8-6-13)19(25)23-15-9-10-16(20)17(21)12-15/h9-10,12-14H,2-8,11H2,1H3,(H,22,24)(H,23,25). The summed E-state index contributed by atoms with van der Waals surface area (Å²) in [6.45, 7) is 2.83. The molecule has 6 heteroatoms. The Labute approximate surface area is 147 Å². The number of hydrogen-bond donors (Lipinski definition) is 2. The lowest BCUT2D eigenvalue weighted by Crippen LogP contribution is -2.35. The van der Waals surface area contributed by atoms with Gasteiger partial charge in [-0.2, -0.15) is 0 Å². The molecule has 0 aliphatic heterocycles. The number of unbranched alkanes of at least 4 members (excludes halogenated alkanes) is 2. The number of hydrogen-bond acceptors (Lipinski definition) is 2. The predicted octanol–water partition coefficient (Wildman–Crippen LogP) is 4.02. The first-order chi connectivity index (χ1) is 12.0. The molecule has 2 rings (SSSR count). The smallest absolute Gasteiger partial charge is 0.227 e. The highest BCUT2D eigenvalue weighted by atomic mass is 19.2. The van der Waals surface area contributed by atoms with Gasteiger partial charge in [0.15, 0.2) is 11.6 Å². The van der Waals surface area contributed by atoms with Crippen molar-refractivity contribution < 1.29 is 18.4 Å². The zero-order valence-corrected chi connectivity index (χ0v) is 14.6. The highest BCUT2D eigenvalue weighted by Crippen LogP contribution is 2.30. The van der Waals surface area contributed by atoms with Gasteiger partial charge in [0, 0.05) is 30.1 Å². The third-order valence-electron chi connectivity index (χ3n) is 4.74. The molecule has 0 aromatic heterocycles. The molecule has 1 aliphatic rings. The van der Waals surface area contributed by atoms with Crippen LogP contribution in [0.5, 0.6) is 0 Å². The summed E-state index contributed by atoms with van der Waals surface area (Å²) < 4.78 is 26.1. The van der Waals surface area contributed by atoms with Crippen molar-refractivity contribution in [1.29, 1.82) is 0 Å². The van der Waals surface area contributed by atoms with Gasteiger partial charge in [0.05, 0.1) is 0 Å². The van der Waals surface area contributed by atoms with Crippen molar-refractivity contribution in [3.05, 3.63) is 29.8 Å². The minimum absolute atomic E-state index is 0.0334. The average molecular weight is 352 g/mol. The molecule has 1 aliphatic carbocycles. The fraction of sp³-hybridized carbons (Fsp3) is 0.579. The van der Waals surface area contributed by atoms with Crippen LogP contribution in [0.4, 0.5) is 14.5 Å². The van der Waals surface area contributed by atoms with Gasteiger partial charge >= 0.3 is 0 Å². The van der Waals surface area contributed by atoms with Gasteiger partial charge in [-0.3, -0.25) is 9.59 Å². The summed E-state index contributed by atoms with van der Waals surface area (Å²) >= 11 is 0. The summed E-state index contributed by atoms with van der Waals surface area (Å²) in [7, 11) is 0. The summed E-state index contributed by atoms with van der Waals surface area (Å²) in [5.41, 5.74) is 0.250. The van der Waals surface area contributed by atoms with E-state index >= 15 is 0 Å². The van der Waals surface area contributed by atoms with Gasteiger partial charge < -0.3 is 10.6 Å². The van der Waals surface area contributed by atoms with E-state index in [2.05, 4.69) is 17.6 Å². The number of anilines is 1. The molecule has 0 bridgehead atoms. The summed E-state index contributed by atoms with van der Waals surface area (Å²) in [5.74, 6) is -2.28. The molecule has 1 aromatic carbocycles. The third-order valence-corrected chi connectivity index (χ3v) is 4.74. The SMILES string of the molecule is CCCCCNC(=O)C1CCC(C(=O)Nc2ccc(F)c(F)c2)CC1. The van der Waals surface area contributed by atoms with Crippen molar-refractivity contribution in [2.45, 2.75) is 51.9 Å². The van der Waals surface area contributed by atoms with Crippen LogP contribution >= 0.6 is 0 Å². The zero-order chi connectivity index (χ0) is 18.2. The Morgan fingerprint density at radius 3 is 2.24 bits per heavy atom. The Hall–Kier alpha value is -1.98. The number of carbonyl (C=O) groups is 2. The van der Waals surface area contributed by atoms with Crippen molar-refractivity contribution >= 4 is 17.5 Å². The van der Waals surface area contributed by atoms with E-state index in [1.807, 2.05) is 0 Å². The molecule has 1 aromatic rings. The normalized spacial score (nSPS) is 20.1. The van der Waals surface area contributed by atoms with E-state index in [1.54, 1.807) is 0 Å². The number of rotatable bonds is 7. The topological polar surface area (TPSA) is 58.2 Å². The number of halogens is 2. The molecule has 138 valence electrons. The second kappa shape index (κ2) is 9.49. The van der Waals surface area contributed by atoms with E-state index in [0.29, 0.717) is 32.2 Å². The van der Waals surface area contributed by atoms with Crippen molar-refractivity contribution in [3.63, 3.8) is 0 Å². The predicted molar refractivity (Wildman–Crippen MR) is 93.0 cm³/mol. The molecule has 0 spiro atoms. The van der Waals surface area contributed by atoms with Crippen LogP contribution in [0.2, 0.25) is 0 Å². The molecule has 1 fully saturated rings. The summed E-state index contributed by atoms with van der Waals surface area (Å²) in [6, 6.07) is 3.30. The Bertz CT molecular complexity index is 599. The Balaban J connectivity index is 1.76. The Morgan fingerprint density at radius 1 is 1.00 bits per heavy atom. The highest BCUT2D eigenvalue weighted by Gasteiger charge is 2.29. The largest absolute Gasteiger partial charge is 0.356 e. The summed E-state index contributed by atoms with van der Waals surface area (Å²) in [6.07, 6.45) is 5.83. The Kier molecular flexibility index (Phi) is 7.34. The lowest BCUT2D eigenvalue weighted by atomic mass is 9.81. The van der Waals surface area contributed by atoms with Crippen LogP contribution in [0.25, 0.3) is 0 Å². The second-order valence-corrected chi connectivity index (χ2v) is 6.66. The van der Waals surface area contributed by atoms with Gasteiger partial charge in [-0.05, 0) is 44.2 Å². The molecule has 0 radical (unpaired) electrons. The van der Waals surface area contributed by atoms with Crippen LogP contribution in [0.3, 0.4) is 0 Å². The molecular formula is C19H26F2N2O2. The van der Waals surface area contributed by atoms with Crippen molar-refractivity contribution in [3.8, 4) is 0 Å². The molecule has 0 atom stereocenters. The zero-order valence-electron chi connectivity index (χ0n) is 14.6. The van der Waals surface area contributed by atoms with E-state index in [0.717, 1.165) is 31.4 Å². The van der Waals surface area contributed by atoms with Crippen LogP contribution in [0, 0.1) is 23.5 Å². The number of nitrogens with one attached hydrogen (secondary N) is 2. The molecule has 4 nitrogen and oxygen atoms in total. The highest BCUT2D eigenvalue weighted by molar-refractivity contribution is 5.92. The minimum Gasteiger partial charge on any atom is -0.356 e. The van der Waals surface area contributed by atoms with Crippen molar-refractivity contribution in [2.75, 3.05) is 11.9 Å². The van der Waals surface area contributed by atoms with Gasteiger partial charge in [0.2, 0.25) is 11.8 Å². The summed E-state index contributed by atoms with van der Waals surface area (Å²) in [5, 5.41) is 5.59. The molecule has 2 N–H and O–H groups in total. The van der Waals surface area contributed by atoms with Gasteiger partial charge in [0.25, 0.3) is 0 Å². The van der Waals surface area contributed by atoms with Crippen molar-refractivity contribution in [1.82, 2.24) is 5.32 Å². The molecule has 2 amide bonds. The second-order valence-electron chi connectivity index (χ2n) is 6.66. The maximum Gasteiger partial charge on any atom is 0.227 e. The lowest BCUT2D eigenvalue weighted by molar-refractivity contribution is -0.128. The maximum absolute atomic E-state index is 13.2. The average Bonchev–Trinajstić information content (AvgIpc) is 2.62. The molecule has 0 saturated heterocycles. The van der Waals surface area contributed by atoms with Gasteiger partial charge in [-0.1, -0.05) is 19.8 Å². The first kappa shape index (κ1) is 19.3. The fourth-order valence-electron chi connectivity index (χ4n) is 3.17. The van der Waals surface area contributed by atoms with Gasteiger partial charge in [0.1, 0.15) is 0 Å². The summed E-state index contributed by atoms with van der Waals surface area (Å²) in [4.78, 5) is 24.4. The molecule has 25 heavy (non-hydrogen) atoms. The quantitative estimate of drug-likeness (QED) is 0.728. The maximum atomic E-state index is 13.2. The van der Waals surface area contributed by atoms with E-state index in [9.17, 15) is 18.4 Å². The number of benzene rings is 1. The van der Waals surface area contributed by atoms with E-state index in [-0.39, 0.29) is 29.3 Å². The molecule has 0 unspecified atom stereocenters. The van der Waals surface area contributed by atoms with Crippen LogP contribution in [-0.2, 0) is 9.59 Å².